The number of pyridine rings is 1. The summed E-state index contributed by atoms with van der Waals surface area (Å²) in [7, 11) is 0. The molecule has 0 spiro atoms. The third-order valence-electron chi connectivity index (χ3n) is 4.40. The first-order valence-corrected chi connectivity index (χ1v) is 8.89. The number of aromatic carboxylic acids is 1. The molecular weight excluding hydrogens is 371 g/mol. The van der Waals surface area contributed by atoms with Crippen molar-refractivity contribution in [2.75, 3.05) is 5.32 Å². The second-order valence-corrected chi connectivity index (χ2v) is 6.50. The van der Waals surface area contributed by atoms with Crippen molar-refractivity contribution in [3.05, 3.63) is 89.9 Å². The first-order valence-electron chi connectivity index (χ1n) is 8.89. The summed E-state index contributed by atoms with van der Waals surface area (Å²) < 4.78 is 15.1. The van der Waals surface area contributed by atoms with Crippen molar-refractivity contribution >= 4 is 17.5 Å². The normalized spacial score (nSPS) is 10.7. The van der Waals surface area contributed by atoms with Gasteiger partial charge >= 0.3 is 5.97 Å². The molecule has 0 bridgehead atoms. The van der Waals surface area contributed by atoms with Crippen molar-refractivity contribution < 1.29 is 14.3 Å². The van der Waals surface area contributed by atoms with Crippen LogP contribution in [0.25, 0.3) is 17.1 Å². The van der Waals surface area contributed by atoms with Crippen LogP contribution in [0.5, 0.6) is 0 Å². The van der Waals surface area contributed by atoms with Crippen LogP contribution in [-0.4, -0.2) is 25.8 Å². The van der Waals surface area contributed by atoms with Crippen LogP contribution in [0.4, 0.5) is 15.9 Å². The summed E-state index contributed by atoms with van der Waals surface area (Å²) in [4.78, 5) is 15.9. The predicted molar refractivity (Wildman–Crippen MR) is 108 cm³/mol. The number of hydrogen-bond acceptors (Lipinski definition) is 4. The number of carboxylic acid groups (broad SMARTS) is 1. The van der Waals surface area contributed by atoms with Gasteiger partial charge in [0.2, 0.25) is 0 Å². The van der Waals surface area contributed by atoms with Crippen molar-refractivity contribution in [1.82, 2.24) is 14.8 Å². The van der Waals surface area contributed by atoms with E-state index in [4.69, 9.17) is 0 Å². The molecule has 2 heterocycles. The molecule has 2 aromatic heterocycles. The maximum atomic E-state index is 13.5. The van der Waals surface area contributed by atoms with E-state index in [1.165, 1.54) is 12.1 Å². The standard InChI is InChI=1S/C22H17FN4O2/c1-14-5-7-15(8-6-14)19-13-21(27(26-19)20-4-2-3-11-24-20)25-18-10-9-16(23)12-17(18)22(28)29/h2-13,25H,1H3,(H,28,29). The van der Waals surface area contributed by atoms with Gasteiger partial charge in [-0.3, -0.25) is 0 Å². The number of carboxylic acids is 1. The van der Waals surface area contributed by atoms with Crippen molar-refractivity contribution in [1.29, 1.82) is 0 Å². The molecule has 2 aromatic carbocycles. The largest absolute Gasteiger partial charge is 0.478 e. The Hall–Kier alpha value is -4.00. The molecule has 29 heavy (non-hydrogen) atoms. The van der Waals surface area contributed by atoms with Crippen LogP contribution in [0.1, 0.15) is 15.9 Å². The highest BCUT2D eigenvalue weighted by molar-refractivity contribution is 5.95. The first-order chi connectivity index (χ1) is 14.0. The monoisotopic (exact) mass is 388 g/mol. The Morgan fingerprint density at radius 2 is 1.86 bits per heavy atom. The lowest BCUT2D eigenvalue weighted by Gasteiger charge is -2.11. The first kappa shape index (κ1) is 18.4. The lowest BCUT2D eigenvalue weighted by atomic mass is 10.1. The topological polar surface area (TPSA) is 80.0 Å². The molecule has 0 aliphatic carbocycles. The van der Waals surface area contributed by atoms with E-state index >= 15 is 0 Å². The number of halogens is 1. The Morgan fingerprint density at radius 1 is 1.07 bits per heavy atom. The molecule has 0 radical (unpaired) electrons. The molecule has 0 aliphatic heterocycles. The molecule has 0 fully saturated rings. The van der Waals surface area contributed by atoms with Gasteiger partial charge in [-0.15, -0.1) is 0 Å². The molecular formula is C22H17FN4O2. The fraction of sp³-hybridized carbons (Fsp3) is 0.0455. The third-order valence-corrected chi connectivity index (χ3v) is 4.40. The molecule has 2 N–H and O–H groups in total. The lowest BCUT2D eigenvalue weighted by Crippen LogP contribution is -2.07. The molecule has 0 amide bonds. The molecule has 6 nitrogen and oxygen atoms in total. The number of carbonyl (C=O) groups is 1. The Morgan fingerprint density at radius 3 is 2.55 bits per heavy atom. The molecule has 0 atom stereocenters. The second-order valence-electron chi connectivity index (χ2n) is 6.50. The average molecular weight is 388 g/mol. The zero-order valence-corrected chi connectivity index (χ0v) is 15.5. The summed E-state index contributed by atoms with van der Waals surface area (Å²) in [6.07, 6.45) is 1.65. The highest BCUT2D eigenvalue weighted by Gasteiger charge is 2.16. The van der Waals surface area contributed by atoms with Crippen LogP contribution in [0.2, 0.25) is 0 Å². The fourth-order valence-electron chi connectivity index (χ4n) is 2.93. The minimum absolute atomic E-state index is 0.171. The van der Waals surface area contributed by atoms with Crippen molar-refractivity contribution in [3.8, 4) is 17.1 Å². The molecule has 0 saturated carbocycles. The number of nitrogens with one attached hydrogen (secondary N) is 1. The molecule has 4 rings (SSSR count). The minimum Gasteiger partial charge on any atom is -0.478 e. The number of rotatable bonds is 5. The Kier molecular flexibility index (Phi) is 4.78. The molecule has 144 valence electrons. The second kappa shape index (κ2) is 7.55. The van der Waals surface area contributed by atoms with Gasteiger partial charge in [0.1, 0.15) is 11.6 Å². The Balaban J connectivity index is 1.82. The van der Waals surface area contributed by atoms with E-state index in [1.807, 2.05) is 37.3 Å². The molecule has 7 heteroatoms. The number of aromatic nitrogens is 3. The van der Waals surface area contributed by atoms with Gasteiger partial charge in [0.25, 0.3) is 0 Å². The molecule has 0 aliphatic rings. The number of benzene rings is 2. The van der Waals surface area contributed by atoms with Crippen LogP contribution >= 0.6 is 0 Å². The summed E-state index contributed by atoms with van der Waals surface area (Å²) in [5, 5.41) is 17.1. The van der Waals surface area contributed by atoms with E-state index in [1.54, 1.807) is 29.1 Å². The number of nitrogens with zero attached hydrogens (tertiary/aromatic N) is 3. The van der Waals surface area contributed by atoms with Gasteiger partial charge in [-0.2, -0.15) is 9.78 Å². The van der Waals surface area contributed by atoms with Gasteiger partial charge in [-0.05, 0) is 37.3 Å². The molecule has 4 aromatic rings. The van der Waals surface area contributed by atoms with Crippen LogP contribution < -0.4 is 5.32 Å². The summed E-state index contributed by atoms with van der Waals surface area (Å²) in [6.45, 7) is 2.01. The quantitative estimate of drug-likeness (QED) is 0.512. The van der Waals surface area contributed by atoms with Gasteiger partial charge in [0, 0.05) is 17.8 Å². The maximum Gasteiger partial charge on any atom is 0.337 e. The summed E-state index contributed by atoms with van der Waals surface area (Å²) >= 11 is 0. The molecule has 0 unspecified atom stereocenters. The highest BCUT2D eigenvalue weighted by Crippen LogP contribution is 2.28. The van der Waals surface area contributed by atoms with Crippen molar-refractivity contribution in [3.63, 3.8) is 0 Å². The van der Waals surface area contributed by atoms with Crippen LogP contribution in [-0.2, 0) is 0 Å². The summed E-state index contributed by atoms with van der Waals surface area (Å²) in [6, 6.07) is 18.7. The predicted octanol–water partition coefficient (Wildman–Crippen LogP) is 4.82. The van der Waals surface area contributed by atoms with Gasteiger partial charge in [-0.1, -0.05) is 35.9 Å². The van der Waals surface area contributed by atoms with Gasteiger partial charge in [0.15, 0.2) is 5.82 Å². The van der Waals surface area contributed by atoms with E-state index in [2.05, 4.69) is 15.4 Å². The summed E-state index contributed by atoms with van der Waals surface area (Å²) in [5.41, 5.74) is 2.82. The van der Waals surface area contributed by atoms with E-state index in [-0.39, 0.29) is 11.3 Å². The van der Waals surface area contributed by atoms with E-state index < -0.39 is 11.8 Å². The third kappa shape index (κ3) is 3.84. The van der Waals surface area contributed by atoms with Gasteiger partial charge < -0.3 is 10.4 Å². The Bertz CT molecular complexity index is 1170. The summed E-state index contributed by atoms with van der Waals surface area (Å²) in [5.74, 6) is -0.776. The highest BCUT2D eigenvalue weighted by atomic mass is 19.1. The molecule has 0 saturated heterocycles. The SMILES string of the molecule is Cc1ccc(-c2cc(Nc3ccc(F)cc3C(=O)O)n(-c3ccccn3)n2)cc1. The van der Waals surface area contributed by atoms with Crippen LogP contribution in [0.3, 0.4) is 0 Å². The number of aryl methyl sites for hydroxylation is 1. The van der Waals surface area contributed by atoms with Crippen LogP contribution in [0, 0.1) is 12.7 Å². The number of anilines is 2. The van der Waals surface area contributed by atoms with Gasteiger partial charge in [0.05, 0.1) is 16.9 Å². The maximum absolute atomic E-state index is 13.5. The average Bonchev–Trinajstić information content (AvgIpc) is 3.14. The number of hydrogen-bond donors (Lipinski definition) is 2. The fourth-order valence-corrected chi connectivity index (χ4v) is 2.93. The minimum atomic E-state index is -1.23. The van der Waals surface area contributed by atoms with E-state index in [9.17, 15) is 14.3 Å². The van der Waals surface area contributed by atoms with Crippen molar-refractivity contribution in [2.45, 2.75) is 6.92 Å². The van der Waals surface area contributed by atoms with Crippen LogP contribution in [0.15, 0.2) is 72.9 Å². The smallest absolute Gasteiger partial charge is 0.337 e. The van der Waals surface area contributed by atoms with E-state index in [0.717, 1.165) is 17.2 Å². The van der Waals surface area contributed by atoms with Crippen molar-refractivity contribution in [2.24, 2.45) is 0 Å². The lowest BCUT2D eigenvalue weighted by molar-refractivity contribution is 0.0697. The Labute approximate surface area is 166 Å². The zero-order chi connectivity index (χ0) is 20.4. The van der Waals surface area contributed by atoms with E-state index in [0.29, 0.717) is 17.3 Å². The zero-order valence-electron chi connectivity index (χ0n) is 15.5. The van der Waals surface area contributed by atoms with Gasteiger partial charge in [-0.25, -0.2) is 14.2 Å².